The Bertz CT molecular complexity index is 821. The summed E-state index contributed by atoms with van der Waals surface area (Å²) in [4.78, 5) is 12.4. The van der Waals surface area contributed by atoms with Gasteiger partial charge in [0.2, 0.25) is 0 Å². The summed E-state index contributed by atoms with van der Waals surface area (Å²) in [5, 5.41) is 10.9. The molecule has 0 aliphatic heterocycles. The third-order valence-corrected chi connectivity index (χ3v) is 3.31. The van der Waals surface area contributed by atoms with Gasteiger partial charge in [-0.25, -0.2) is 0 Å². The number of hydrogen-bond donors (Lipinski definition) is 2. The summed E-state index contributed by atoms with van der Waals surface area (Å²) in [6.07, 6.45) is 0. The molecule has 0 aliphatic rings. The molecule has 4 nitrogen and oxygen atoms in total. The lowest BCUT2D eigenvalue weighted by atomic mass is 10.1. The summed E-state index contributed by atoms with van der Waals surface area (Å²) in [6.45, 7) is 1.07. The van der Waals surface area contributed by atoms with E-state index in [9.17, 15) is 9.90 Å². The van der Waals surface area contributed by atoms with Crippen LogP contribution in [0.15, 0.2) is 47.3 Å². The highest BCUT2D eigenvalue weighted by Gasteiger charge is 2.10. The third kappa shape index (κ3) is 1.77. The number of nitrogens with zero attached hydrogens (tertiary/aromatic N) is 1. The van der Waals surface area contributed by atoms with E-state index in [1.807, 2.05) is 28.8 Å². The predicted octanol–water partition coefficient (Wildman–Crippen LogP) is 1.82. The van der Waals surface area contributed by atoms with Crippen LogP contribution < -0.4 is 11.2 Å². The van der Waals surface area contributed by atoms with Crippen LogP contribution in [-0.2, 0) is 6.54 Å². The first-order chi connectivity index (χ1) is 9.22. The average molecular weight is 254 g/mol. The Balaban J connectivity index is 2.58. The van der Waals surface area contributed by atoms with E-state index < -0.39 is 0 Å². The molecule has 1 aromatic heterocycles. The second-order valence-electron chi connectivity index (χ2n) is 4.49. The Kier molecular flexibility index (Phi) is 2.72. The molecule has 96 valence electrons. The summed E-state index contributed by atoms with van der Waals surface area (Å²) in [7, 11) is 0. The highest BCUT2D eigenvalue weighted by atomic mass is 16.3. The van der Waals surface area contributed by atoms with Gasteiger partial charge in [0.05, 0.1) is 11.0 Å². The summed E-state index contributed by atoms with van der Waals surface area (Å²) in [5.74, 6) is 0.146. The zero-order chi connectivity index (χ0) is 13.4. The molecule has 3 aromatic rings. The van der Waals surface area contributed by atoms with Crippen LogP contribution in [0.2, 0.25) is 0 Å². The molecule has 3 N–H and O–H groups in total. The van der Waals surface area contributed by atoms with Crippen LogP contribution in [0.25, 0.3) is 21.8 Å². The maximum absolute atomic E-state index is 12.4. The maximum Gasteiger partial charge on any atom is 0.197 e. The fraction of sp³-hybridized carbons (Fsp3) is 0.133. The van der Waals surface area contributed by atoms with Crippen molar-refractivity contribution in [1.29, 1.82) is 0 Å². The summed E-state index contributed by atoms with van der Waals surface area (Å²) in [5.41, 5.74) is 7.20. The van der Waals surface area contributed by atoms with Gasteiger partial charge in [0.1, 0.15) is 5.75 Å². The van der Waals surface area contributed by atoms with Crippen molar-refractivity contribution in [2.45, 2.75) is 6.54 Å². The lowest BCUT2D eigenvalue weighted by molar-refractivity contribution is 0.476. The number of phenolic OH excluding ortho intramolecular Hbond substituents is 1. The molecular weight excluding hydrogens is 240 g/mol. The van der Waals surface area contributed by atoms with Gasteiger partial charge in [0, 0.05) is 29.9 Å². The van der Waals surface area contributed by atoms with E-state index >= 15 is 0 Å². The zero-order valence-electron chi connectivity index (χ0n) is 10.3. The van der Waals surface area contributed by atoms with Crippen molar-refractivity contribution in [1.82, 2.24) is 4.57 Å². The number of rotatable bonds is 2. The van der Waals surface area contributed by atoms with Gasteiger partial charge >= 0.3 is 0 Å². The molecule has 0 saturated carbocycles. The summed E-state index contributed by atoms with van der Waals surface area (Å²) in [6, 6.07) is 12.3. The number of aromatic nitrogens is 1. The number of nitrogens with two attached hydrogens (primary N) is 1. The Labute approximate surface area is 109 Å². The Morgan fingerprint density at radius 2 is 1.79 bits per heavy atom. The molecule has 0 fully saturated rings. The molecule has 0 radical (unpaired) electrons. The standard InChI is InChI=1S/C15H14N2O2/c16-7-8-17-13-4-2-1-3-11(13)15(19)12-6-5-10(18)9-14(12)17/h1-6,9,18H,7-8,16H2. The van der Waals surface area contributed by atoms with Crippen LogP contribution in [0.3, 0.4) is 0 Å². The molecular formula is C15H14N2O2. The van der Waals surface area contributed by atoms with E-state index in [1.165, 1.54) is 6.07 Å². The second-order valence-corrected chi connectivity index (χ2v) is 4.49. The molecule has 4 heteroatoms. The molecule has 0 atom stereocenters. The van der Waals surface area contributed by atoms with E-state index in [2.05, 4.69) is 0 Å². The van der Waals surface area contributed by atoms with Crippen molar-refractivity contribution >= 4 is 21.8 Å². The lowest BCUT2D eigenvalue weighted by Gasteiger charge is -2.14. The van der Waals surface area contributed by atoms with Gasteiger partial charge < -0.3 is 15.4 Å². The SMILES string of the molecule is NCCn1c2ccccc2c(=O)c2ccc(O)cc21. The van der Waals surface area contributed by atoms with Crippen molar-refractivity contribution in [2.75, 3.05) is 6.54 Å². The first-order valence-corrected chi connectivity index (χ1v) is 6.16. The molecule has 0 aliphatic carbocycles. The molecule has 19 heavy (non-hydrogen) atoms. The smallest absolute Gasteiger partial charge is 0.197 e. The minimum absolute atomic E-state index is 0.0149. The molecule has 0 amide bonds. The van der Waals surface area contributed by atoms with Gasteiger partial charge in [0.25, 0.3) is 0 Å². The molecule has 1 heterocycles. The van der Waals surface area contributed by atoms with Crippen LogP contribution in [0.1, 0.15) is 0 Å². The minimum Gasteiger partial charge on any atom is -0.508 e. The van der Waals surface area contributed by atoms with Crippen LogP contribution >= 0.6 is 0 Å². The van der Waals surface area contributed by atoms with Crippen molar-refractivity contribution in [2.24, 2.45) is 5.73 Å². The third-order valence-electron chi connectivity index (χ3n) is 3.31. The van der Waals surface area contributed by atoms with Gasteiger partial charge in [-0.1, -0.05) is 12.1 Å². The molecule has 0 bridgehead atoms. The van der Waals surface area contributed by atoms with Crippen LogP contribution in [0.5, 0.6) is 5.75 Å². The quantitative estimate of drug-likeness (QED) is 0.685. The average Bonchev–Trinajstić information content (AvgIpc) is 2.43. The van der Waals surface area contributed by atoms with E-state index in [4.69, 9.17) is 5.73 Å². The Hall–Kier alpha value is -2.33. The van der Waals surface area contributed by atoms with Crippen LogP contribution in [0, 0.1) is 0 Å². The highest BCUT2D eigenvalue weighted by Crippen LogP contribution is 2.22. The van der Waals surface area contributed by atoms with E-state index in [-0.39, 0.29) is 11.2 Å². The van der Waals surface area contributed by atoms with E-state index in [0.29, 0.717) is 29.4 Å². The summed E-state index contributed by atoms with van der Waals surface area (Å²) < 4.78 is 1.98. The van der Waals surface area contributed by atoms with Gasteiger partial charge in [-0.05, 0) is 24.3 Å². The number of aromatic hydroxyl groups is 1. The number of benzene rings is 2. The largest absolute Gasteiger partial charge is 0.508 e. The molecule has 2 aromatic carbocycles. The zero-order valence-corrected chi connectivity index (χ0v) is 10.3. The molecule has 0 saturated heterocycles. The van der Waals surface area contributed by atoms with Crippen LogP contribution in [0.4, 0.5) is 0 Å². The molecule has 0 unspecified atom stereocenters. The van der Waals surface area contributed by atoms with Crippen molar-refractivity contribution in [3.63, 3.8) is 0 Å². The van der Waals surface area contributed by atoms with Crippen molar-refractivity contribution in [3.8, 4) is 5.75 Å². The predicted molar refractivity (Wildman–Crippen MR) is 76.4 cm³/mol. The van der Waals surface area contributed by atoms with E-state index in [1.54, 1.807) is 12.1 Å². The van der Waals surface area contributed by atoms with Gasteiger partial charge in [0.15, 0.2) is 5.43 Å². The Morgan fingerprint density at radius 1 is 1.05 bits per heavy atom. The first-order valence-electron chi connectivity index (χ1n) is 6.16. The maximum atomic E-state index is 12.4. The van der Waals surface area contributed by atoms with Gasteiger partial charge in [-0.3, -0.25) is 4.79 Å². The highest BCUT2D eigenvalue weighted by molar-refractivity contribution is 5.93. The first kappa shape index (κ1) is 11.7. The Morgan fingerprint density at radius 3 is 2.58 bits per heavy atom. The van der Waals surface area contributed by atoms with Crippen molar-refractivity contribution < 1.29 is 5.11 Å². The van der Waals surface area contributed by atoms with Gasteiger partial charge in [-0.2, -0.15) is 0 Å². The number of hydrogen-bond acceptors (Lipinski definition) is 3. The normalized spacial score (nSPS) is 11.2. The van der Waals surface area contributed by atoms with Crippen molar-refractivity contribution in [3.05, 3.63) is 52.7 Å². The fourth-order valence-electron chi connectivity index (χ4n) is 2.48. The number of pyridine rings is 1. The number of fused-ring (bicyclic) bond motifs is 2. The number of para-hydroxylation sites is 1. The van der Waals surface area contributed by atoms with Gasteiger partial charge in [-0.15, -0.1) is 0 Å². The second kappa shape index (κ2) is 4.40. The fourth-order valence-corrected chi connectivity index (χ4v) is 2.48. The molecule has 0 spiro atoms. The number of phenols is 1. The minimum atomic E-state index is -0.0149. The summed E-state index contributed by atoms with van der Waals surface area (Å²) >= 11 is 0. The van der Waals surface area contributed by atoms with Crippen LogP contribution in [-0.4, -0.2) is 16.2 Å². The molecule has 3 rings (SSSR count). The topological polar surface area (TPSA) is 68.2 Å². The van der Waals surface area contributed by atoms with E-state index in [0.717, 1.165) is 5.52 Å². The lowest BCUT2D eigenvalue weighted by Crippen LogP contribution is -2.16. The monoisotopic (exact) mass is 254 g/mol.